The number of ether oxygens (including phenoxy) is 2. The molecule has 36 heavy (non-hydrogen) atoms. The molecule has 2 aromatic carbocycles. The molecule has 9 nitrogen and oxygen atoms in total. The van der Waals surface area contributed by atoms with E-state index in [1.807, 2.05) is 25.1 Å². The Hall–Kier alpha value is -2.98. The summed E-state index contributed by atoms with van der Waals surface area (Å²) in [6.45, 7) is 2.58. The van der Waals surface area contributed by atoms with Crippen molar-refractivity contribution >= 4 is 56.9 Å². The Morgan fingerprint density at radius 2 is 1.97 bits per heavy atom. The largest absolute Gasteiger partial charge is 0.360 e. The van der Waals surface area contributed by atoms with E-state index < -0.39 is 6.29 Å². The lowest BCUT2D eigenvalue weighted by Gasteiger charge is -2.30. The molecule has 2 atom stereocenters. The van der Waals surface area contributed by atoms with E-state index >= 15 is 0 Å². The Labute approximate surface area is 218 Å². The number of likely N-dealkylation sites (tertiary alicyclic amines) is 1. The van der Waals surface area contributed by atoms with E-state index in [4.69, 9.17) is 32.7 Å². The summed E-state index contributed by atoms with van der Waals surface area (Å²) < 4.78 is 10.8. The molecule has 2 N–H and O–H groups in total. The highest BCUT2D eigenvalue weighted by Crippen LogP contribution is 2.32. The number of benzene rings is 2. The quantitative estimate of drug-likeness (QED) is 0.317. The number of hydrogen-bond donors (Lipinski definition) is 2. The van der Waals surface area contributed by atoms with Crippen molar-refractivity contribution < 1.29 is 14.3 Å². The molecule has 1 aliphatic rings. The lowest BCUT2D eigenvalue weighted by atomic mass is 10.1. The van der Waals surface area contributed by atoms with Crippen molar-refractivity contribution in [3.05, 3.63) is 58.1 Å². The number of aromatic amines is 1. The standard InChI is InChI=1S/C25H26Cl2N6O3/c1-13(22-31-18-7-6-14(26)9-20(18)32-22)30-23-16-10-17(27)15(11-19(16)28-12-29-23)24(34)33-8-4-5-21(33)25(35-2)36-3/h6-7,9-13,21,25H,4-5,8H2,1-3H3,(H,31,32)(H,28,29,30)/t13-,21-/m1/s1. The summed E-state index contributed by atoms with van der Waals surface area (Å²) in [5, 5.41) is 5.04. The summed E-state index contributed by atoms with van der Waals surface area (Å²) in [6, 6.07) is 8.59. The summed E-state index contributed by atoms with van der Waals surface area (Å²) in [4.78, 5) is 32.0. The second-order valence-corrected chi connectivity index (χ2v) is 9.61. The molecule has 4 aromatic rings. The predicted molar refractivity (Wildman–Crippen MR) is 140 cm³/mol. The van der Waals surface area contributed by atoms with E-state index in [9.17, 15) is 4.79 Å². The molecule has 0 spiro atoms. The van der Waals surface area contributed by atoms with Crippen LogP contribution in [0.25, 0.3) is 21.9 Å². The average Bonchev–Trinajstić information content (AvgIpc) is 3.52. The summed E-state index contributed by atoms with van der Waals surface area (Å²) in [6.07, 6.45) is 2.63. The predicted octanol–water partition coefficient (Wildman–Crippen LogP) is 5.21. The number of amides is 1. The number of halogens is 2. The molecular formula is C25H26Cl2N6O3. The average molecular weight is 529 g/mol. The van der Waals surface area contributed by atoms with E-state index in [1.54, 1.807) is 31.3 Å². The minimum absolute atomic E-state index is 0.175. The van der Waals surface area contributed by atoms with Gasteiger partial charge in [0.1, 0.15) is 18.0 Å². The van der Waals surface area contributed by atoms with Gasteiger partial charge in [-0.15, -0.1) is 0 Å². The van der Waals surface area contributed by atoms with Crippen LogP contribution in [0.3, 0.4) is 0 Å². The second kappa shape index (κ2) is 10.2. The fourth-order valence-electron chi connectivity index (χ4n) is 4.73. The first-order valence-corrected chi connectivity index (χ1v) is 12.4. The molecule has 2 aromatic heterocycles. The minimum Gasteiger partial charge on any atom is -0.360 e. The number of aromatic nitrogens is 4. The van der Waals surface area contributed by atoms with Gasteiger partial charge in [0.2, 0.25) is 0 Å². The van der Waals surface area contributed by atoms with Crippen LogP contribution in [0.15, 0.2) is 36.7 Å². The third-order valence-electron chi connectivity index (χ3n) is 6.52. The zero-order valence-corrected chi connectivity index (χ0v) is 21.6. The minimum atomic E-state index is -0.496. The zero-order chi connectivity index (χ0) is 25.4. The molecule has 0 bridgehead atoms. The Morgan fingerprint density at radius 3 is 2.75 bits per heavy atom. The van der Waals surface area contributed by atoms with Crippen LogP contribution >= 0.6 is 23.2 Å². The van der Waals surface area contributed by atoms with Gasteiger partial charge in [0, 0.05) is 31.2 Å². The van der Waals surface area contributed by atoms with Gasteiger partial charge in [-0.1, -0.05) is 23.2 Å². The van der Waals surface area contributed by atoms with Gasteiger partial charge in [-0.25, -0.2) is 15.0 Å². The van der Waals surface area contributed by atoms with Crippen molar-refractivity contribution in [2.24, 2.45) is 0 Å². The van der Waals surface area contributed by atoms with Gasteiger partial charge in [-0.05, 0) is 50.1 Å². The number of carbonyl (C=O) groups is 1. The summed E-state index contributed by atoms with van der Waals surface area (Å²) >= 11 is 12.7. The number of imidazole rings is 1. The second-order valence-electron chi connectivity index (χ2n) is 8.77. The van der Waals surface area contributed by atoms with Crippen molar-refractivity contribution in [2.75, 3.05) is 26.1 Å². The molecule has 0 aliphatic carbocycles. The summed E-state index contributed by atoms with van der Waals surface area (Å²) in [5.74, 6) is 1.15. The Kier molecular flexibility index (Phi) is 6.98. The van der Waals surface area contributed by atoms with Crippen molar-refractivity contribution in [1.82, 2.24) is 24.8 Å². The first kappa shape index (κ1) is 24.7. The van der Waals surface area contributed by atoms with E-state index in [1.165, 1.54) is 6.33 Å². The number of rotatable bonds is 7. The van der Waals surface area contributed by atoms with Gasteiger partial charge in [0.15, 0.2) is 6.29 Å². The molecule has 1 saturated heterocycles. The maximum absolute atomic E-state index is 13.5. The third-order valence-corrected chi connectivity index (χ3v) is 7.07. The fraction of sp³-hybridized carbons (Fsp3) is 0.360. The number of carbonyl (C=O) groups excluding carboxylic acids is 1. The molecule has 1 fully saturated rings. The van der Waals surface area contributed by atoms with E-state index in [2.05, 4.69) is 25.3 Å². The van der Waals surface area contributed by atoms with Gasteiger partial charge >= 0.3 is 0 Å². The molecule has 1 aliphatic heterocycles. The lowest BCUT2D eigenvalue weighted by Crippen LogP contribution is -2.44. The lowest BCUT2D eigenvalue weighted by molar-refractivity contribution is -0.134. The number of nitrogens with zero attached hydrogens (tertiary/aromatic N) is 4. The molecule has 1 amide bonds. The van der Waals surface area contributed by atoms with Crippen molar-refractivity contribution in [1.29, 1.82) is 0 Å². The number of nitrogens with one attached hydrogen (secondary N) is 2. The van der Waals surface area contributed by atoms with Crippen molar-refractivity contribution in [3.8, 4) is 0 Å². The molecule has 5 rings (SSSR count). The van der Waals surface area contributed by atoms with E-state index in [0.717, 1.165) is 29.7 Å². The van der Waals surface area contributed by atoms with Crippen LogP contribution in [0.4, 0.5) is 5.82 Å². The third kappa shape index (κ3) is 4.59. The topological polar surface area (TPSA) is 105 Å². The molecular weight excluding hydrogens is 503 g/mol. The van der Waals surface area contributed by atoms with Crippen LogP contribution in [0.2, 0.25) is 10.0 Å². The number of hydrogen-bond acceptors (Lipinski definition) is 7. The SMILES string of the molecule is COC(OC)[C@H]1CCCN1C(=O)c1cc2ncnc(N[C@H](C)c3nc4cc(Cl)ccc4[nH]3)c2cc1Cl. The first-order chi connectivity index (χ1) is 17.4. The Balaban J connectivity index is 1.43. The van der Waals surface area contributed by atoms with Crippen molar-refractivity contribution in [2.45, 2.75) is 38.1 Å². The monoisotopic (exact) mass is 528 g/mol. The molecule has 188 valence electrons. The number of H-pyrrole nitrogens is 1. The summed E-state index contributed by atoms with van der Waals surface area (Å²) in [5.41, 5.74) is 2.67. The van der Waals surface area contributed by atoms with Crippen LogP contribution < -0.4 is 5.32 Å². The van der Waals surface area contributed by atoms with Crippen LogP contribution in [0, 0.1) is 0 Å². The smallest absolute Gasteiger partial charge is 0.255 e. The van der Waals surface area contributed by atoms with Gasteiger partial charge in [0.25, 0.3) is 5.91 Å². The van der Waals surface area contributed by atoms with Crippen LogP contribution in [-0.4, -0.2) is 63.8 Å². The zero-order valence-electron chi connectivity index (χ0n) is 20.1. The van der Waals surface area contributed by atoms with Crippen LogP contribution in [-0.2, 0) is 9.47 Å². The van der Waals surface area contributed by atoms with Gasteiger partial charge in [0.05, 0.1) is 39.2 Å². The van der Waals surface area contributed by atoms with Gasteiger partial charge in [-0.3, -0.25) is 4.79 Å². The number of anilines is 1. The van der Waals surface area contributed by atoms with Crippen LogP contribution in [0.5, 0.6) is 0 Å². The molecule has 3 heterocycles. The van der Waals surface area contributed by atoms with Crippen LogP contribution in [0.1, 0.15) is 42.0 Å². The first-order valence-electron chi connectivity index (χ1n) is 11.6. The molecule has 11 heteroatoms. The molecule has 0 radical (unpaired) electrons. The fourth-order valence-corrected chi connectivity index (χ4v) is 5.14. The van der Waals surface area contributed by atoms with Gasteiger partial charge in [-0.2, -0.15) is 0 Å². The Morgan fingerprint density at radius 1 is 1.17 bits per heavy atom. The highest BCUT2D eigenvalue weighted by Gasteiger charge is 2.36. The Bertz CT molecular complexity index is 1420. The van der Waals surface area contributed by atoms with E-state index in [0.29, 0.717) is 38.9 Å². The summed E-state index contributed by atoms with van der Waals surface area (Å²) in [7, 11) is 3.15. The number of methoxy groups -OCH3 is 2. The van der Waals surface area contributed by atoms with Crippen molar-refractivity contribution in [3.63, 3.8) is 0 Å². The molecule has 0 unspecified atom stereocenters. The normalized spacial score (nSPS) is 16.8. The maximum atomic E-state index is 13.5. The number of fused-ring (bicyclic) bond motifs is 2. The van der Waals surface area contributed by atoms with Gasteiger partial charge < -0.3 is 24.7 Å². The highest BCUT2D eigenvalue weighted by molar-refractivity contribution is 6.35. The maximum Gasteiger partial charge on any atom is 0.255 e. The highest BCUT2D eigenvalue weighted by atomic mass is 35.5. The van der Waals surface area contributed by atoms with E-state index in [-0.39, 0.29) is 18.0 Å². The molecule has 0 saturated carbocycles.